The van der Waals surface area contributed by atoms with Gasteiger partial charge in [0.2, 0.25) is 0 Å². The van der Waals surface area contributed by atoms with Crippen LogP contribution in [0.1, 0.15) is 35.7 Å². The summed E-state index contributed by atoms with van der Waals surface area (Å²) in [7, 11) is 0. The molecule has 4 nitrogen and oxygen atoms in total. The molecule has 0 aliphatic carbocycles. The van der Waals surface area contributed by atoms with Crippen LogP contribution in [0, 0.1) is 0 Å². The molecule has 0 saturated heterocycles. The molecule has 0 radical (unpaired) electrons. The molecule has 0 spiro atoms. The van der Waals surface area contributed by atoms with E-state index in [-0.39, 0.29) is 11.6 Å². The summed E-state index contributed by atoms with van der Waals surface area (Å²) < 4.78 is 5.54. The maximum atomic E-state index is 12.4. The van der Waals surface area contributed by atoms with Crippen LogP contribution in [0.25, 0.3) is 0 Å². The van der Waals surface area contributed by atoms with Crippen molar-refractivity contribution in [2.24, 2.45) is 4.99 Å². The van der Waals surface area contributed by atoms with Gasteiger partial charge >= 0.3 is 0 Å². The molecule has 4 heteroatoms. The zero-order chi connectivity index (χ0) is 16.7. The van der Waals surface area contributed by atoms with Gasteiger partial charge in [0.15, 0.2) is 5.78 Å². The van der Waals surface area contributed by atoms with E-state index >= 15 is 0 Å². The molecular weight excluding hydrogens is 290 g/mol. The topological polar surface area (TPSA) is 55.7 Å². The summed E-state index contributed by atoms with van der Waals surface area (Å²) in [5, 5.41) is 0. The van der Waals surface area contributed by atoms with Crippen molar-refractivity contribution in [2.45, 2.75) is 19.8 Å². The van der Waals surface area contributed by atoms with Crippen molar-refractivity contribution in [3.8, 4) is 5.75 Å². The Morgan fingerprint density at radius 2 is 1.57 bits per heavy atom. The van der Waals surface area contributed by atoms with E-state index in [1.54, 1.807) is 55.5 Å². The third-order valence-corrected chi connectivity index (χ3v) is 3.37. The number of ether oxygens (including phenoxy) is 1. The molecule has 0 fully saturated rings. The van der Waals surface area contributed by atoms with Gasteiger partial charge in [-0.2, -0.15) is 0 Å². The van der Waals surface area contributed by atoms with Gasteiger partial charge in [-0.25, -0.2) is 0 Å². The SMILES string of the molecule is C=Nc1ccc(C(=O)c2ccc(OCCCC(C)=O)cc2)cc1. The third kappa shape index (κ3) is 4.88. The highest BCUT2D eigenvalue weighted by atomic mass is 16.5. The van der Waals surface area contributed by atoms with Crippen LogP contribution in [-0.2, 0) is 4.79 Å². The highest BCUT2D eigenvalue weighted by Gasteiger charge is 2.09. The summed E-state index contributed by atoms with van der Waals surface area (Å²) in [6, 6.07) is 14.0. The van der Waals surface area contributed by atoms with Gasteiger partial charge < -0.3 is 9.53 Å². The Balaban J connectivity index is 1.96. The zero-order valence-electron chi connectivity index (χ0n) is 13.1. The lowest BCUT2D eigenvalue weighted by molar-refractivity contribution is -0.117. The number of rotatable bonds is 8. The summed E-state index contributed by atoms with van der Waals surface area (Å²) in [5.41, 5.74) is 1.93. The van der Waals surface area contributed by atoms with E-state index in [0.717, 1.165) is 5.69 Å². The number of Topliss-reactive ketones (excluding diaryl/α,β-unsaturated/α-hetero) is 1. The number of carbonyl (C=O) groups is 2. The minimum Gasteiger partial charge on any atom is -0.494 e. The minimum atomic E-state index is -0.0521. The average Bonchev–Trinajstić information content (AvgIpc) is 2.58. The molecule has 0 bridgehead atoms. The monoisotopic (exact) mass is 309 g/mol. The van der Waals surface area contributed by atoms with Crippen LogP contribution in [-0.4, -0.2) is 24.9 Å². The number of nitrogens with zero attached hydrogens (tertiary/aromatic N) is 1. The fourth-order valence-corrected chi connectivity index (χ4v) is 2.10. The molecule has 0 aliphatic rings. The first-order valence-electron chi connectivity index (χ1n) is 7.44. The van der Waals surface area contributed by atoms with Crippen molar-refractivity contribution in [3.63, 3.8) is 0 Å². The smallest absolute Gasteiger partial charge is 0.193 e. The predicted molar refractivity (Wildman–Crippen MR) is 90.9 cm³/mol. The molecule has 0 N–H and O–H groups in total. The number of hydrogen-bond donors (Lipinski definition) is 0. The Morgan fingerprint density at radius 3 is 2.09 bits per heavy atom. The second-order valence-corrected chi connectivity index (χ2v) is 5.21. The van der Waals surface area contributed by atoms with Gasteiger partial charge in [0, 0.05) is 17.5 Å². The van der Waals surface area contributed by atoms with E-state index in [0.29, 0.717) is 36.3 Å². The van der Waals surface area contributed by atoms with Crippen molar-refractivity contribution >= 4 is 24.0 Å². The molecule has 118 valence electrons. The van der Waals surface area contributed by atoms with Crippen LogP contribution >= 0.6 is 0 Å². The van der Waals surface area contributed by atoms with Crippen LogP contribution in [0.5, 0.6) is 5.75 Å². The summed E-state index contributed by atoms with van der Waals surface area (Å²) >= 11 is 0. The Hall–Kier alpha value is -2.75. The number of ketones is 2. The molecule has 23 heavy (non-hydrogen) atoms. The third-order valence-electron chi connectivity index (χ3n) is 3.37. The van der Waals surface area contributed by atoms with Crippen LogP contribution in [0.2, 0.25) is 0 Å². The van der Waals surface area contributed by atoms with Crippen LogP contribution < -0.4 is 4.74 Å². The quantitative estimate of drug-likeness (QED) is 0.421. The van der Waals surface area contributed by atoms with Gasteiger partial charge in [0.1, 0.15) is 11.5 Å². The highest BCUT2D eigenvalue weighted by molar-refractivity contribution is 6.09. The van der Waals surface area contributed by atoms with Gasteiger partial charge in [-0.15, -0.1) is 0 Å². The van der Waals surface area contributed by atoms with Gasteiger partial charge in [-0.05, 0) is 68.6 Å². The van der Waals surface area contributed by atoms with Gasteiger partial charge in [-0.1, -0.05) is 0 Å². The maximum absolute atomic E-state index is 12.4. The van der Waals surface area contributed by atoms with Gasteiger partial charge in [0.25, 0.3) is 0 Å². The first-order chi connectivity index (χ1) is 11.1. The van der Waals surface area contributed by atoms with E-state index in [1.807, 2.05) is 0 Å². The lowest BCUT2D eigenvalue weighted by Gasteiger charge is -2.07. The Kier molecular flexibility index (Phi) is 5.80. The summed E-state index contributed by atoms with van der Waals surface area (Å²) in [5.74, 6) is 0.798. The number of hydrogen-bond acceptors (Lipinski definition) is 4. The fourth-order valence-electron chi connectivity index (χ4n) is 2.10. The van der Waals surface area contributed by atoms with Gasteiger partial charge in [0.05, 0.1) is 12.3 Å². The normalized spacial score (nSPS) is 10.1. The minimum absolute atomic E-state index is 0.0521. The van der Waals surface area contributed by atoms with Crippen molar-refractivity contribution in [3.05, 3.63) is 59.7 Å². The van der Waals surface area contributed by atoms with Crippen molar-refractivity contribution < 1.29 is 14.3 Å². The Labute approximate surface area is 135 Å². The van der Waals surface area contributed by atoms with Crippen molar-refractivity contribution in [2.75, 3.05) is 6.61 Å². The zero-order valence-corrected chi connectivity index (χ0v) is 13.1. The number of carbonyl (C=O) groups excluding carboxylic acids is 2. The summed E-state index contributed by atoms with van der Waals surface area (Å²) in [6.07, 6.45) is 1.21. The molecule has 2 aromatic carbocycles. The second kappa shape index (κ2) is 8.03. The highest BCUT2D eigenvalue weighted by Crippen LogP contribution is 2.18. The molecule has 0 heterocycles. The predicted octanol–water partition coefficient (Wildman–Crippen LogP) is 4.00. The van der Waals surface area contributed by atoms with Crippen molar-refractivity contribution in [1.29, 1.82) is 0 Å². The number of aliphatic imine (C=N–C) groups is 1. The van der Waals surface area contributed by atoms with Crippen LogP contribution in [0.3, 0.4) is 0 Å². The average molecular weight is 309 g/mol. The van der Waals surface area contributed by atoms with E-state index in [1.165, 1.54) is 0 Å². The van der Waals surface area contributed by atoms with E-state index in [4.69, 9.17) is 4.74 Å². The largest absolute Gasteiger partial charge is 0.494 e. The lowest BCUT2D eigenvalue weighted by atomic mass is 10.0. The first kappa shape index (κ1) is 16.6. The molecule has 0 aromatic heterocycles. The second-order valence-electron chi connectivity index (χ2n) is 5.21. The van der Waals surface area contributed by atoms with Crippen molar-refractivity contribution in [1.82, 2.24) is 0 Å². The van der Waals surface area contributed by atoms with Crippen LogP contribution in [0.15, 0.2) is 53.5 Å². The Bertz CT molecular complexity index is 688. The molecule has 2 rings (SSSR count). The molecule has 2 aromatic rings. The van der Waals surface area contributed by atoms with E-state index in [2.05, 4.69) is 11.7 Å². The van der Waals surface area contributed by atoms with Crippen LogP contribution in [0.4, 0.5) is 5.69 Å². The van der Waals surface area contributed by atoms with E-state index < -0.39 is 0 Å². The summed E-state index contributed by atoms with van der Waals surface area (Å²) in [6.45, 7) is 5.50. The Morgan fingerprint density at radius 1 is 1.00 bits per heavy atom. The fraction of sp³-hybridized carbons (Fsp3) is 0.211. The van der Waals surface area contributed by atoms with Gasteiger partial charge in [-0.3, -0.25) is 9.79 Å². The van der Waals surface area contributed by atoms with E-state index in [9.17, 15) is 9.59 Å². The molecule has 0 saturated carbocycles. The molecule has 0 unspecified atom stereocenters. The summed E-state index contributed by atoms with van der Waals surface area (Å²) in [4.78, 5) is 27.0. The molecule has 0 amide bonds. The molecule has 0 aliphatic heterocycles. The maximum Gasteiger partial charge on any atom is 0.193 e. The first-order valence-corrected chi connectivity index (χ1v) is 7.44. The lowest BCUT2D eigenvalue weighted by Crippen LogP contribution is -2.02. The standard InChI is InChI=1S/C19H19NO3/c1-14(21)4-3-13-23-18-11-7-16(8-12-18)19(22)15-5-9-17(20-2)10-6-15/h5-12H,2-4,13H2,1H3. The number of benzene rings is 2. The molecule has 0 atom stereocenters. The molecular formula is C19H19NO3.